The van der Waals surface area contributed by atoms with Crippen molar-refractivity contribution in [2.45, 2.75) is 26.3 Å². The highest BCUT2D eigenvalue weighted by Gasteiger charge is 2.53. The van der Waals surface area contributed by atoms with Crippen LogP contribution in [0.5, 0.6) is 0 Å². The highest BCUT2D eigenvalue weighted by Crippen LogP contribution is 2.42. The summed E-state index contributed by atoms with van der Waals surface area (Å²) >= 11 is 1.68. The second-order valence-corrected chi connectivity index (χ2v) is 6.70. The van der Waals surface area contributed by atoms with Crippen LogP contribution in [-0.4, -0.2) is 47.3 Å². The molecule has 2 aliphatic rings. The van der Waals surface area contributed by atoms with E-state index in [4.69, 9.17) is 4.74 Å². The van der Waals surface area contributed by atoms with Gasteiger partial charge in [0, 0.05) is 31.6 Å². The van der Waals surface area contributed by atoms with Gasteiger partial charge in [0.25, 0.3) is 0 Å². The Kier molecular flexibility index (Phi) is 3.79. The number of hydrogen-bond donors (Lipinski definition) is 1. The van der Waals surface area contributed by atoms with Crippen LogP contribution in [-0.2, 0) is 22.5 Å². The smallest absolute Gasteiger partial charge is 0.313 e. The molecule has 110 valence electrons. The summed E-state index contributed by atoms with van der Waals surface area (Å²) in [6.07, 6.45) is 1.81. The summed E-state index contributed by atoms with van der Waals surface area (Å²) in [5.74, 6) is -0.504. The molecule has 2 saturated heterocycles. The van der Waals surface area contributed by atoms with E-state index in [2.05, 4.69) is 22.2 Å². The van der Waals surface area contributed by atoms with Gasteiger partial charge in [0.15, 0.2) is 0 Å². The number of thiazole rings is 1. The molecule has 2 aliphatic heterocycles. The van der Waals surface area contributed by atoms with E-state index < -0.39 is 11.4 Å². The summed E-state index contributed by atoms with van der Waals surface area (Å²) in [6, 6.07) is 0. The molecule has 1 N–H and O–H groups in total. The molecule has 3 rings (SSSR count). The first-order valence-electron chi connectivity index (χ1n) is 7.11. The second-order valence-electron chi connectivity index (χ2n) is 5.76. The van der Waals surface area contributed by atoms with Crippen LogP contribution in [0, 0.1) is 11.3 Å². The Labute approximate surface area is 122 Å². The Morgan fingerprint density at radius 1 is 1.70 bits per heavy atom. The van der Waals surface area contributed by atoms with E-state index in [1.54, 1.807) is 11.3 Å². The zero-order chi connectivity index (χ0) is 14.2. The number of aliphatic carboxylic acids is 1. The zero-order valence-corrected chi connectivity index (χ0v) is 12.5. The molecule has 0 amide bonds. The van der Waals surface area contributed by atoms with Crippen molar-refractivity contribution in [3.63, 3.8) is 0 Å². The lowest BCUT2D eigenvalue weighted by molar-refractivity contribution is -0.159. The van der Waals surface area contributed by atoms with Crippen LogP contribution in [0.1, 0.15) is 24.0 Å². The number of ether oxygens (including phenoxy) is 1. The molecule has 20 heavy (non-hydrogen) atoms. The molecule has 0 aromatic carbocycles. The number of rotatable bonds is 4. The highest BCUT2D eigenvalue weighted by atomic mass is 32.1. The van der Waals surface area contributed by atoms with Gasteiger partial charge in [-0.15, -0.1) is 11.3 Å². The maximum absolute atomic E-state index is 11.7. The topological polar surface area (TPSA) is 62.7 Å². The minimum atomic E-state index is -0.711. The molecular weight excluding hydrogens is 276 g/mol. The number of aromatic nitrogens is 1. The van der Waals surface area contributed by atoms with E-state index in [9.17, 15) is 9.90 Å². The minimum Gasteiger partial charge on any atom is -0.481 e. The molecule has 0 bridgehead atoms. The van der Waals surface area contributed by atoms with Crippen molar-refractivity contribution >= 4 is 17.3 Å². The van der Waals surface area contributed by atoms with Gasteiger partial charge in [-0.1, -0.05) is 6.92 Å². The fourth-order valence-corrected chi connectivity index (χ4v) is 4.06. The fraction of sp³-hybridized carbons (Fsp3) is 0.714. The summed E-state index contributed by atoms with van der Waals surface area (Å²) in [4.78, 5) is 18.5. The lowest BCUT2D eigenvalue weighted by Crippen LogP contribution is -2.46. The number of carboxylic acid groups (broad SMARTS) is 1. The molecule has 0 spiro atoms. The van der Waals surface area contributed by atoms with Gasteiger partial charge in [-0.25, -0.2) is 4.98 Å². The number of carbonyl (C=O) groups is 1. The van der Waals surface area contributed by atoms with E-state index in [1.165, 1.54) is 0 Å². The van der Waals surface area contributed by atoms with Crippen LogP contribution in [0.3, 0.4) is 0 Å². The average Bonchev–Trinajstić information content (AvgIpc) is 3.03. The predicted octanol–water partition coefficient (Wildman–Crippen LogP) is 1.63. The van der Waals surface area contributed by atoms with Crippen molar-refractivity contribution in [2.24, 2.45) is 11.3 Å². The van der Waals surface area contributed by atoms with Gasteiger partial charge in [-0.05, 0) is 18.8 Å². The van der Waals surface area contributed by atoms with Gasteiger partial charge in [0.2, 0.25) is 0 Å². The summed E-state index contributed by atoms with van der Waals surface area (Å²) in [5.41, 5.74) is 0.356. The monoisotopic (exact) mass is 296 g/mol. The summed E-state index contributed by atoms with van der Waals surface area (Å²) in [6.45, 7) is 5.30. The molecule has 0 aliphatic carbocycles. The van der Waals surface area contributed by atoms with Crippen molar-refractivity contribution in [2.75, 3.05) is 26.3 Å². The molecular formula is C14H20N2O3S. The molecule has 0 saturated carbocycles. The van der Waals surface area contributed by atoms with Crippen molar-refractivity contribution < 1.29 is 14.6 Å². The number of likely N-dealkylation sites (tertiary alicyclic amines) is 1. The molecule has 1 aromatic rings. The van der Waals surface area contributed by atoms with Crippen LogP contribution >= 0.6 is 11.3 Å². The van der Waals surface area contributed by atoms with E-state index in [0.29, 0.717) is 19.8 Å². The maximum Gasteiger partial charge on any atom is 0.313 e. The third-order valence-electron chi connectivity index (χ3n) is 4.45. The number of carboxylic acids is 1. The Bertz CT molecular complexity index is 504. The SMILES string of the molecule is CCc1nc(CN2C[C@@H]3CCOC[C@]3(C(=O)O)C2)cs1. The van der Waals surface area contributed by atoms with Crippen molar-refractivity contribution in [3.05, 3.63) is 16.1 Å². The third-order valence-corrected chi connectivity index (χ3v) is 5.49. The lowest BCUT2D eigenvalue weighted by atomic mass is 9.76. The van der Waals surface area contributed by atoms with Gasteiger partial charge < -0.3 is 9.84 Å². The molecule has 5 nitrogen and oxygen atoms in total. The molecule has 3 heterocycles. The second kappa shape index (κ2) is 5.42. The Morgan fingerprint density at radius 2 is 2.55 bits per heavy atom. The van der Waals surface area contributed by atoms with Gasteiger partial charge in [-0.3, -0.25) is 9.69 Å². The summed E-state index contributed by atoms with van der Waals surface area (Å²) < 4.78 is 5.45. The van der Waals surface area contributed by atoms with Crippen molar-refractivity contribution in [3.8, 4) is 0 Å². The normalized spacial score (nSPS) is 30.4. The molecule has 0 unspecified atom stereocenters. The quantitative estimate of drug-likeness (QED) is 0.915. The first kappa shape index (κ1) is 14.0. The summed E-state index contributed by atoms with van der Waals surface area (Å²) in [7, 11) is 0. The van der Waals surface area contributed by atoms with Crippen LogP contribution in [0.25, 0.3) is 0 Å². The van der Waals surface area contributed by atoms with Crippen LogP contribution < -0.4 is 0 Å². The Hall–Kier alpha value is -0.980. The predicted molar refractivity (Wildman–Crippen MR) is 75.8 cm³/mol. The van der Waals surface area contributed by atoms with Crippen molar-refractivity contribution in [1.29, 1.82) is 0 Å². The lowest BCUT2D eigenvalue weighted by Gasteiger charge is -2.34. The molecule has 1 aromatic heterocycles. The van der Waals surface area contributed by atoms with Crippen molar-refractivity contribution in [1.82, 2.24) is 9.88 Å². The van der Waals surface area contributed by atoms with E-state index in [-0.39, 0.29) is 5.92 Å². The summed E-state index contributed by atoms with van der Waals surface area (Å²) in [5, 5.41) is 12.8. The number of hydrogen-bond acceptors (Lipinski definition) is 5. The number of aryl methyl sites for hydroxylation is 1. The van der Waals surface area contributed by atoms with Crippen LogP contribution in [0.15, 0.2) is 5.38 Å². The molecule has 2 atom stereocenters. The molecule has 6 heteroatoms. The Morgan fingerprint density at radius 3 is 3.20 bits per heavy atom. The third kappa shape index (κ3) is 2.36. The number of nitrogens with zero attached hydrogens (tertiary/aromatic N) is 2. The molecule has 0 radical (unpaired) electrons. The van der Waals surface area contributed by atoms with Crippen LogP contribution in [0.4, 0.5) is 0 Å². The zero-order valence-electron chi connectivity index (χ0n) is 11.7. The fourth-order valence-electron chi connectivity index (χ4n) is 3.33. The minimum absolute atomic E-state index is 0.207. The molecule has 2 fully saturated rings. The van der Waals surface area contributed by atoms with E-state index >= 15 is 0 Å². The largest absolute Gasteiger partial charge is 0.481 e. The average molecular weight is 296 g/mol. The van der Waals surface area contributed by atoms with Gasteiger partial charge >= 0.3 is 5.97 Å². The van der Waals surface area contributed by atoms with Crippen LogP contribution in [0.2, 0.25) is 0 Å². The first-order valence-corrected chi connectivity index (χ1v) is 7.99. The maximum atomic E-state index is 11.7. The highest BCUT2D eigenvalue weighted by molar-refractivity contribution is 7.09. The Balaban J connectivity index is 1.72. The van der Waals surface area contributed by atoms with Gasteiger partial charge in [-0.2, -0.15) is 0 Å². The van der Waals surface area contributed by atoms with Gasteiger partial charge in [0.1, 0.15) is 5.41 Å². The van der Waals surface area contributed by atoms with Gasteiger partial charge in [0.05, 0.1) is 17.3 Å². The first-order chi connectivity index (χ1) is 9.64. The van der Waals surface area contributed by atoms with E-state index in [1.807, 2.05) is 0 Å². The standard InChI is InChI=1S/C14H20N2O3S/c1-2-12-15-11(7-20-12)6-16-5-10-3-4-19-9-14(10,8-16)13(17)18/h7,10H,2-6,8-9H2,1H3,(H,17,18)/t10-,14+/m0/s1. The number of fused-ring (bicyclic) bond motifs is 1. The van der Waals surface area contributed by atoms with E-state index in [0.717, 1.165) is 36.6 Å².